The van der Waals surface area contributed by atoms with Gasteiger partial charge in [-0.1, -0.05) is 30.3 Å². The number of carboxylic acid groups (broad SMARTS) is 2. The molecule has 1 aromatic rings. The number of benzene rings is 1. The summed E-state index contributed by atoms with van der Waals surface area (Å²) >= 11 is 0. The molecule has 0 heterocycles. The number of aliphatic carboxylic acids is 2. The van der Waals surface area contributed by atoms with E-state index in [4.69, 9.17) is 20.7 Å². The largest absolute Gasteiger partial charge is 0.478 e. The Hall–Kier alpha value is -2.87. The van der Waals surface area contributed by atoms with E-state index in [-0.39, 0.29) is 6.04 Å². The molecule has 0 aliphatic carbocycles. The van der Waals surface area contributed by atoms with Gasteiger partial charge >= 0.3 is 18.0 Å². The van der Waals surface area contributed by atoms with E-state index in [1.165, 1.54) is 0 Å². The Morgan fingerprint density at radius 1 is 1.12 bits per heavy atom. The van der Waals surface area contributed by atoms with E-state index in [0.29, 0.717) is 25.1 Å². The van der Waals surface area contributed by atoms with E-state index in [0.717, 1.165) is 5.56 Å². The van der Waals surface area contributed by atoms with Gasteiger partial charge in [0.1, 0.15) is 5.60 Å². The molecule has 8 nitrogen and oxygen atoms in total. The lowest BCUT2D eigenvalue weighted by molar-refractivity contribution is -0.134. The van der Waals surface area contributed by atoms with Crippen LogP contribution >= 0.6 is 0 Å². The molecule has 1 amide bonds. The van der Waals surface area contributed by atoms with Crippen LogP contribution in [-0.2, 0) is 20.7 Å². The standard InChI is InChI=1S/C14H22N2O2.C4H4O4/c1-14(2,3)18-13(17)16-12(10-15)9-11-7-5-4-6-8-11;5-3(6)1-2-4(7)8/h4-8,12H,9-10,15H2,1-3H3,(H,16,17);1-2H,(H,5,6)(H,7,8)/b;2-1+. The zero-order valence-electron chi connectivity index (χ0n) is 15.1. The Morgan fingerprint density at radius 2 is 1.62 bits per heavy atom. The quantitative estimate of drug-likeness (QED) is 0.563. The van der Waals surface area contributed by atoms with Gasteiger partial charge in [-0.2, -0.15) is 0 Å². The summed E-state index contributed by atoms with van der Waals surface area (Å²) in [5.74, 6) is -2.51. The lowest BCUT2D eigenvalue weighted by Crippen LogP contribution is -2.44. The summed E-state index contributed by atoms with van der Waals surface area (Å²) in [5.41, 5.74) is 6.31. The van der Waals surface area contributed by atoms with Crippen LogP contribution in [0.4, 0.5) is 4.79 Å². The average Bonchev–Trinajstić information content (AvgIpc) is 2.52. The zero-order valence-corrected chi connectivity index (χ0v) is 15.1. The molecule has 1 atom stereocenters. The Labute approximate surface area is 152 Å². The first-order valence-corrected chi connectivity index (χ1v) is 7.91. The van der Waals surface area contributed by atoms with Crippen molar-refractivity contribution in [3.63, 3.8) is 0 Å². The summed E-state index contributed by atoms with van der Waals surface area (Å²) in [4.78, 5) is 30.7. The highest BCUT2D eigenvalue weighted by atomic mass is 16.6. The molecule has 0 saturated carbocycles. The molecule has 26 heavy (non-hydrogen) atoms. The number of hydrogen-bond acceptors (Lipinski definition) is 5. The van der Waals surface area contributed by atoms with Gasteiger partial charge in [0.05, 0.1) is 0 Å². The van der Waals surface area contributed by atoms with Crippen LogP contribution in [0.15, 0.2) is 42.5 Å². The normalized spacial score (nSPS) is 11.8. The van der Waals surface area contributed by atoms with Crippen molar-refractivity contribution in [3.8, 4) is 0 Å². The molecule has 0 aliphatic heterocycles. The minimum atomic E-state index is -1.26. The van der Waals surface area contributed by atoms with Crippen LogP contribution in [0.3, 0.4) is 0 Å². The maximum Gasteiger partial charge on any atom is 0.407 e. The summed E-state index contributed by atoms with van der Waals surface area (Å²) in [7, 11) is 0. The minimum absolute atomic E-state index is 0.109. The Kier molecular flexibility index (Phi) is 10.4. The highest BCUT2D eigenvalue weighted by molar-refractivity contribution is 5.89. The zero-order chi connectivity index (χ0) is 20.2. The first kappa shape index (κ1) is 23.1. The van der Waals surface area contributed by atoms with Crippen LogP contribution in [0, 0.1) is 0 Å². The van der Waals surface area contributed by atoms with Crippen LogP contribution in [0.25, 0.3) is 0 Å². The maximum absolute atomic E-state index is 11.6. The maximum atomic E-state index is 11.6. The van der Waals surface area contributed by atoms with Crippen molar-refractivity contribution >= 4 is 18.0 Å². The molecule has 0 spiro atoms. The summed E-state index contributed by atoms with van der Waals surface area (Å²) < 4.78 is 5.20. The predicted octanol–water partition coefficient (Wildman–Crippen LogP) is 1.79. The van der Waals surface area contributed by atoms with Crippen molar-refractivity contribution in [2.45, 2.75) is 38.8 Å². The molecule has 8 heteroatoms. The number of amides is 1. The number of carbonyl (C=O) groups excluding carboxylic acids is 1. The second-order valence-electron chi connectivity index (χ2n) is 6.28. The van der Waals surface area contributed by atoms with Crippen molar-refractivity contribution in [1.29, 1.82) is 0 Å². The van der Waals surface area contributed by atoms with Gasteiger partial charge in [0.15, 0.2) is 0 Å². The van der Waals surface area contributed by atoms with Gasteiger partial charge in [0, 0.05) is 24.7 Å². The van der Waals surface area contributed by atoms with Crippen molar-refractivity contribution < 1.29 is 29.3 Å². The van der Waals surface area contributed by atoms with Crippen molar-refractivity contribution in [3.05, 3.63) is 48.0 Å². The van der Waals surface area contributed by atoms with Crippen LogP contribution in [0.2, 0.25) is 0 Å². The predicted molar refractivity (Wildman–Crippen MR) is 96.8 cm³/mol. The van der Waals surface area contributed by atoms with Crippen molar-refractivity contribution in [2.24, 2.45) is 5.73 Å². The van der Waals surface area contributed by atoms with Crippen LogP contribution < -0.4 is 11.1 Å². The van der Waals surface area contributed by atoms with E-state index < -0.39 is 23.6 Å². The third-order valence-corrected chi connectivity index (χ3v) is 2.70. The molecule has 0 saturated heterocycles. The number of nitrogens with two attached hydrogens (primary N) is 1. The summed E-state index contributed by atoms with van der Waals surface area (Å²) in [5, 5.41) is 18.4. The van der Waals surface area contributed by atoms with E-state index in [1.807, 2.05) is 51.1 Å². The van der Waals surface area contributed by atoms with Gasteiger partial charge in [-0.25, -0.2) is 14.4 Å². The Morgan fingerprint density at radius 3 is 2.00 bits per heavy atom. The van der Waals surface area contributed by atoms with Gasteiger partial charge in [0.25, 0.3) is 0 Å². The minimum Gasteiger partial charge on any atom is -0.478 e. The Bertz CT molecular complexity index is 592. The molecular formula is C18H26N2O6. The van der Waals surface area contributed by atoms with Gasteiger partial charge in [-0.15, -0.1) is 0 Å². The molecule has 1 aromatic carbocycles. The highest BCUT2D eigenvalue weighted by Crippen LogP contribution is 2.08. The molecule has 0 radical (unpaired) electrons. The van der Waals surface area contributed by atoms with Gasteiger partial charge in [-0.3, -0.25) is 0 Å². The number of carboxylic acids is 2. The summed E-state index contributed by atoms with van der Waals surface area (Å²) in [6.45, 7) is 5.89. The van der Waals surface area contributed by atoms with E-state index in [2.05, 4.69) is 5.32 Å². The second kappa shape index (κ2) is 11.6. The lowest BCUT2D eigenvalue weighted by atomic mass is 10.1. The Balaban J connectivity index is 0.000000660. The molecule has 1 rings (SSSR count). The SMILES string of the molecule is CC(C)(C)OC(=O)NC(CN)Cc1ccccc1.O=C(O)/C=C/C(=O)O. The molecular weight excluding hydrogens is 340 g/mol. The fourth-order valence-electron chi connectivity index (χ4n) is 1.71. The third kappa shape index (κ3) is 13.6. The van der Waals surface area contributed by atoms with Crippen LogP contribution in [0.5, 0.6) is 0 Å². The van der Waals surface area contributed by atoms with Gasteiger partial charge in [0.2, 0.25) is 0 Å². The summed E-state index contributed by atoms with van der Waals surface area (Å²) in [6.07, 6.45) is 1.40. The fraction of sp³-hybridized carbons (Fsp3) is 0.389. The fourth-order valence-corrected chi connectivity index (χ4v) is 1.71. The molecule has 0 fully saturated rings. The number of rotatable bonds is 6. The van der Waals surface area contributed by atoms with E-state index >= 15 is 0 Å². The topological polar surface area (TPSA) is 139 Å². The molecule has 0 bridgehead atoms. The molecule has 1 unspecified atom stereocenters. The summed E-state index contributed by atoms with van der Waals surface area (Å²) in [6, 6.07) is 9.82. The third-order valence-electron chi connectivity index (χ3n) is 2.70. The first-order valence-electron chi connectivity index (χ1n) is 7.91. The lowest BCUT2D eigenvalue weighted by Gasteiger charge is -2.23. The monoisotopic (exact) mass is 366 g/mol. The van der Waals surface area contributed by atoms with Gasteiger partial charge < -0.3 is 26.0 Å². The van der Waals surface area contributed by atoms with Crippen LogP contribution in [0.1, 0.15) is 26.3 Å². The number of nitrogens with one attached hydrogen (secondary N) is 1. The average molecular weight is 366 g/mol. The van der Waals surface area contributed by atoms with E-state index in [1.54, 1.807) is 0 Å². The molecule has 144 valence electrons. The molecule has 5 N–H and O–H groups in total. The number of hydrogen-bond donors (Lipinski definition) is 4. The number of carbonyl (C=O) groups is 3. The molecule has 0 aromatic heterocycles. The van der Waals surface area contributed by atoms with Crippen molar-refractivity contribution in [1.82, 2.24) is 5.32 Å². The van der Waals surface area contributed by atoms with Crippen molar-refractivity contribution in [2.75, 3.05) is 6.54 Å². The number of alkyl carbamates (subject to hydrolysis) is 1. The highest BCUT2D eigenvalue weighted by Gasteiger charge is 2.18. The first-order chi connectivity index (χ1) is 12.0. The smallest absolute Gasteiger partial charge is 0.407 e. The van der Waals surface area contributed by atoms with Crippen LogP contribution in [-0.4, -0.2) is 46.4 Å². The molecule has 0 aliphatic rings. The second-order valence-corrected chi connectivity index (χ2v) is 6.28. The van der Waals surface area contributed by atoms with Gasteiger partial charge in [-0.05, 0) is 32.8 Å². The van der Waals surface area contributed by atoms with E-state index in [9.17, 15) is 14.4 Å². The number of ether oxygens (including phenoxy) is 1.